The molecule has 0 bridgehead atoms. The Morgan fingerprint density at radius 1 is 0.800 bits per heavy atom. The average molecular weight is 616 g/mol. The van der Waals surface area contributed by atoms with Crippen LogP contribution in [0.4, 0.5) is 11.4 Å². The number of nitrogens with one attached hydrogen (secondary N) is 3. The van der Waals surface area contributed by atoms with Crippen LogP contribution in [0.1, 0.15) is 29.8 Å². The monoisotopic (exact) mass is 615 g/mol. The molecule has 0 aliphatic rings. The van der Waals surface area contributed by atoms with Gasteiger partial charge in [0.15, 0.2) is 0 Å². The minimum Gasteiger partial charge on any atom is -0.493 e. The van der Waals surface area contributed by atoms with Crippen molar-refractivity contribution >= 4 is 57.7 Å². The summed E-state index contributed by atoms with van der Waals surface area (Å²) in [6, 6.07) is 37.0. The number of carbonyl (C=O) groups excluding carboxylic acids is 3. The first kappa shape index (κ1) is 31.1. The highest BCUT2D eigenvalue weighted by Gasteiger charge is 2.18. The molecule has 0 heterocycles. The van der Waals surface area contributed by atoms with Gasteiger partial charge >= 0.3 is 0 Å². The van der Waals surface area contributed by atoms with Gasteiger partial charge in [0, 0.05) is 32.8 Å². The summed E-state index contributed by atoms with van der Waals surface area (Å²) in [6.45, 7) is 4.17. The third-order valence-corrected chi connectivity index (χ3v) is 7.96. The standard InChI is InChI=1S/C37H33N3O4S/c1-3-44-34-22-10-8-16-28(34)23-33(40-36(42)27-14-5-4-6-15-27)37(43)38-29-18-12-19-30(24-29)45-25(2)35(41)39-32-21-11-17-26-13-7-9-20-31(26)32/h4-25H,3H2,1-2H3,(H,38,43)(H,39,41)(H,40,42)/b33-23+. The van der Waals surface area contributed by atoms with Gasteiger partial charge in [-0.3, -0.25) is 14.4 Å². The fourth-order valence-electron chi connectivity index (χ4n) is 4.66. The van der Waals surface area contributed by atoms with Gasteiger partial charge in [-0.2, -0.15) is 0 Å². The fraction of sp³-hybridized carbons (Fsp3) is 0.108. The summed E-state index contributed by atoms with van der Waals surface area (Å²) in [7, 11) is 0. The molecule has 1 atom stereocenters. The van der Waals surface area contributed by atoms with E-state index in [-0.39, 0.29) is 11.6 Å². The van der Waals surface area contributed by atoms with Crippen LogP contribution in [0, 0.1) is 0 Å². The van der Waals surface area contributed by atoms with Crippen LogP contribution < -0.4 is 20.7 Å². The summed E-state index contributed by atoms with van der Waals surface area (Å²) in [5.74, 6) is -0.461. The van der Waals surface area contributed by atoms with Crippen molar-refractivity contribution in [3.8, 4) is 5.75 Å². The Labute approximate surface area is 266 Å². The molecule has 45 heavy (non-hydrogen) atoms. The molecule has 0 spiro atoms. The smallest absolute Gasteiger partial charge is 0.272 e. The van der Waals surface area contributed by atoms with E-state index in [1.165, 1.54) is 11.8 Å². The number of thioether (sulfide) groups is 1. The largest absolute Gasteiger partial charge is 0.493 e. The highest BCUT2D eigenvalue weighted by molar-refractivity contribution is 8.00. The van der Waals surface area contributed by atoms with E-state index in [0.29, 0.717) is 29.2 Å². The number of ether oxygens (including phenoxy) is 1. The van der Waals surface area contributed by atoms with Crippen molar-refractivity contribution in [1.82, 2.24) is 5.32 Å². The van der Waals surface area contributed by atoms with Crippen LogP contribution in [0.5, 0.6) is 5.75 Å². The van der Waals surface area contributed by atoms with Crippen LogP contribution in [0.25, 0.3) is 16.8 Å². The Morgan fingerprint density at radius 3 is 2.33 bits per heavy atom. The molecule has 5 aromatic carbocycles. The minimum absolute atomic E-state index is 0.0527. The van der Waals surface area contributed by atoms with Gasteiger partial charge in [-0.05, 0) is 67.8 Å². The summed E-state index contributed by atoms with van der Waals surface area (Å²) in [5, 5.41) is 10.3. The number of benzene rings is 5. The molecule has 0 aromatic heterocycles. The van der Waals surface area contributed by atoms with Crippen LogP contribution >= 0.6 is 11.8 Å². The zero-order valence-corrected chi connectivity index (χ0v) is 25.8. The minimum atomic E-state index is -0.505. The van der Waals surface area contributed by atoms with E-state index < -0.39 is 17.1 Å². The predicted octanol–water partition coefficient (Wildman–Crippen LogP) is 7.77. The molecule has 5 rings (SSSR count). The number of amides is 3. The predicted molar refractivity (Wildman–Crippen MR) is 182 cm³/mol. The zero-order chi connectivity index (χ0) is 31.6. The van der Waals surface area contributed by atoms with Gasteiger partial charge in [0.1, 0.15) is 11.4 Å². The van der Waals surface area contributed by atoms with E-state index in [9.17, 15) is 14.4 Å². The molecule has 0 aliphatic carbocycles. The maximum Gasteiger partial charge on any atom is 0.272 e. The van der Waals surface area contributed by atoms with E-state index in [2.05, 4.69) is 16.0 Å². The number of hydrogen-bond donors (Lipinski definition) is 3. The molecule has 5 aromatic rings. The topological polar surface area (TPSA) is 96.5 Å². The lowest BCUT2D eigenvalue weighted by molar-refractivity contribution is -0.115. The van der Waals surface area contributed by atoms with Crippen molar-refractivity contribution in [2.24, 2.45) is 0 Å². The number of para-hydroxylation sites is 1. The molecule has 1 unspecified atom stereocenters. The lowest BCUT2D eigenvalue weighted by Crippen LogP contribution is -2.30. The molecular formula is C37H33N3O4S. The van der Waals surface area contributed by atoms with E-state index in [1.807, 2.05) is 98.8 Å². The molecule has 7 nitrogen and oxygen atoms in total. The van der Waals surface area contributed by atoms with Crippen LogP contribution in [0.15, 0.2) is 132 Å². The highest BCUT2D eigenvalue weighted by Crippen LogP contribution is 2.29. The van der Waals surface area contributed by atoms with Crippen LogP contribution in [0.3, 0.4) is 0 Å². The van der Waals surface area contributed by atoms with E-state index in [4.69, 9.17) is 4.74 Å². The lowest BCUT2D eigenvalue weighted by atomic mass is 10.1. The first-order valence-corrected chi connectivity index (χ1v) is 15.5. The molecule has 0 fully saturated rings. The van der Waals surface area contributed by atoms with Gasteiger partial charge in [0.05, 0.1) is 11.9 Å². The maximum atomic E-state index is 13.6. The van der Waals surface area contributed by atoms with Crippen molar-refractivity contribution in [3.05, 3.63) is 138 Å². The molecule has 3 N–H and O–H groups in total. The molecule has 0 aliphatic heterocycles. The molecule has 0 saturated carbocycles. The highest BCUT2D eigenvalue weighted by atomic mass is 32.2. The second-order valence-corrected chi connectivity index (χ2v) is 11.5. The first-order valence-electron chi connectivity index (χ1n) is 14.6. The molecule has 226 valence electrons. The van der Waals surface area contributed by atoms with Gasteiger partial charge in [0.25, 0.3) is 11.8 Å². The number of rotatable bonds is 11. The summed E-state index contributed by atoms with van der Waals surface area (Å²) in [5.41, 5.74) is 2.40. The second-order valence-electron chi connectivity index (χ2n) is 10.1. The van der Waals surface area contributed by atoms with E-state index in [1.54, 1.807) is 42.5 Å². The number of carbonyl (C=O) groups is 3. The molecular weight excluding hydrogens is 582 g/mol. The Hall–Kier alpha value is -5.34. The number of fused-ring (bicyclic) bond motifs is 1. The number of hydrogen-bond acceptors (Lipinski definition) is 5. The summed E-state index contributed by atoms with van der Waals surface area (Å²) >= 11 is 1.38. The first-order chi connectivity index (χ1) is 21.9. The van der Waals surface area contributed by atoms with Gasteiger partial charge in [-0.1, -0.05) is 78.9 Å². The zero-order valence-electron chi connectivity index (χ0n) is 25.0. The Kier molecular flexibility index (Phi) is 10.3. The van der Waals surface area contributed by atoms with Crippen molar-refractivity contribution in [1.29, 1.82) is 0 Å². The van der Waals surface area contributed by atoms with Gasteiger partial charge in [0.2, 0.25) is 5.91 Å². The van der Waals surface area contributed by atoms with Crippen molar-refractivity contribution in [2.45, 2.75) is 24.0 Å². The fourth-order valence-corrected chi connectivity index (χ4v) is 5.58. The number of anilines is 2. The SMILES string of the molecule is CCOc1ccccc1/C=C(/NC(=O)c1ccccc1)C(=O)Nc1cccc(SC(C)C(=O)Nc2cccc3ccccc23)c1. The Bertz CT molecular complexity index is 1850. The van der Waals surface area contributed by atoms with Crippen molar-refractivity contribution in [3.63, 3.8) is 0 Å². The molecule has 0 radical (unpaired) electrons. The van der Waals surface area contributed by atoms with Crippen LogP contribution in [-0.2, 0) is 9.59 Å². The van der Waals surface area contributed by atoms with Crippen LogP contribution in [-0.4, -0.2) is 29.6 Å². The van der Waals surface area contributed by atoms with E-state index >= 15 is 0 Å². The van der Waals surface area contributed by atoms with Gasteiger partial charge in [-0.15, -0.1) is 11.8 Å². The van der Waals surface area contributed by atoms with Gasteiger partial charge < -0.3 is 20.7 Å². The van der Waals surface area contributed by atoms with Gasteiger partial charge in [-0.25, -0.2) is 0 Å². The van der Waals surface area contributed by atoms with Crippen molar-refractivity contribution in [2.75, 3.05) is 17.2 Å². The van der Waals surface area contributed by atoms with Crippen molar-refractivity contribution < 1.29 is 19.1 Å². The third-order valence-electron chi connectivity index (χ3n) is 6.87. The summed E-state index contributed by atoms with van der Waals surface area (Å²) < 4.78 is 5.73. The summed E-state index contributed by atoms with van der Waals surface area (Å²) in [4.78, 5) is 40.6. The molecule has 0 saturated heterocycles. The second kappa shape index (κ2) is 14.9. The Morgan fingerprint density at radius 2 is 1.51 bits per heavy atom. The third kappa shape index (κ3) is 8.19. The Balaban J connectivity index is 1.32. The average Bonchev–Trinajstić information content (AvgIpc) is 3.06. The van der Waals surface area contributed by atoms with E-state index in [0.717, 1.165) is 21.4 Å². The molecule has 8 heteroatoms. The quantitative estimate of drug-likeness (QED) is 0.104. The van der Waals surface area contributed by atoms with Crippen LogP contribution in [0.2, 0.25) is 0 Å². The normalized spacial score (nSPS) is 11.8. The lowest BCUT2D eigenvalue weighted by Gasteiger charge is -2.15. The maximum absolute atomic E-state index is 13.6. The summed E-state index contributed by atoms with van der Waals surface area (Å²) in [6.07, 6.45) is 1.60. The molecule has 3 amide bonds.